The summed E-state index contributed by atoms with van der Waals surface area (Å²) in [6, 6.07) is 0.0548. The third kappa shape index (κ3) is 4.19. The SMILES string of the molecule is C=CCn1c(C)nnc1S(=O)(=O)CC(=O)N[C@H]1CCCC[C@@H]1C. The van der Waals surface area contributed by atoms with E-state index in [4.69, 9.17) is 0 Å². The number of carbonyl (C=O) groups is 1. The number of amides is 1. The Morgan fingerprint density at radius 3 is 2.74 bits per heavy atom. The molecule has 1 N–H and O–H groups in total. The molecule has 8 heteroatoms. The monoisotopic (exact) mass is 340 g/mol. The number of nitrogens with zero attached hydrogens (tertiary/aromatic N) is 3. The van der Waals surface area contributed by atoms with Crippen LogP contribution in [0, 0.1) is 12.8 Å². The molecule has 23 heavy (non-hydrogen) atoms. The smallest absolute Gasteiger partial charge is 0.250 e. The van der Waals surface area contributed by atoms with Crippen LogP contribution in [0.4, 0.5) is 0 Å². The van der Waals surface area contributed by atoms with E-state index < -0.39 is 21.5 Å². The van der Waals surface area contributed by atoms with Crippen LogP contribution in [0.2, 0.25) is 0 Å². The van der Waals surface area contributed by atoms with Crippen LogP contribution in [0.5, 0.6) is 0 Å². The zero-order valence-electron chi connectivity index (χ0n) is 13.7. The molecule has 0 aliphatic heterocycles. The number of allylic oxidation sites excluding steroid dienone is 1. The third-order valence-corrected chi connectivity index (χ3v) is 5.77. The van der Waals surface area contributed by atoms with Crippen molar-refractivity contribution in [2.75, 3.05) is 5.75 Å². The second-order valence-electron chi connectivity index (χ2n) is 6.12. The molecule has 128 valence electrons. The number of carbonyl (C=O) groups excluding carboxylic acids is 1. The molecule has 1 aliphatic carbocycles. The fourth-order valence-electron chi connectivity index (χ4n) is 2.95. The standard InChI is InChI=1S/C15H24N4O3S/c1-4-9-19-12(3)17-18-15(19)23(21,22)10-14(20)16-13-8-6-5-7-11(13)2/h4,11,13H,1,5-10H2,2-3H3,(H,16,20)/t11-,13-/m0/s1. The van der Waals surface area contributed by atoms with Gasteiger partial charge in [0.25, 0.3) is 5.16 Å². The Balaban J connectivity index is 2.08. The second-order valence-corrected chi connectivity index (χ2v) is 8.01. The van der Waals surface area contributed by atoms with E-state index in [1.165, 1.54) is 4.57 Å². The van der Waals surface area contributed by atoms with Crippen LogP contribution >= 0.6 is 0 Å². The average molecular weight is 340 g/mol. The van der Waals surface area contributed by atoms with Crippen molar-refractivity contribution in [3.8, 4) is 0 Å². The van der Waals surface area contributed by atoms with Crippen molar-refractivity contribution in [3.05, 3.63) is 18.5 Å². The summed E-state index contributed by atoms with van der Waals surface area (Å²) in [7, 11) is -3.83. The lowest BCUT2D eigenvalue weighted by atomic mass is 9.86. The van der Waals surface area contributed by atoms with Gasteiger partial charge in [0, 0.05) is 12.6 Å². The van der Waals surface area contributed by atoms with Gasteiger partial charge in [0.15, 0.2) is 0 Å². The van der Waals surface area contributed by atoms with Gasteiger partial charge in [0.05, 0.1) is 0 Å². The molecule has 0 radical (unpaired) electrons. The Kier molecular flexibility index (Phi) is 5.56. The largest absolute Gasteiger partial charge is 0.352 e. The van der Waals surface area contributed by atoms with Gasteiger partial charge in [0.1, 0.15) is 11.6 Å². The molecule has 1 fully saturated rings. The minimum absolute atomic E-state index is 0.0548. The molecule has 1 amide bonds. The van der Waals surface area contributed by atoms with Crippen LogP contribution in [0.1, 0.15) is 38.4 Å². The van der Waals surface area contributed by atoms with E-state index in [1.54, 1.807) is 13.0 Å². The minimum Gasteiger partial charge on any atom is -0.352 e. The van der Waals surface area contributed by atoms with E-state index in [0.717, 1.165) is 25.7 Å². The van der Waals surface area contributed by atoms with Crippen LogP contribution < -0.4 is 5.32 Å². The molecular formula is C15H24N4O3S. The zero-order chi connectivity index (χ0) is 17.0. The molecule has 1 heterocycles. The van der Waals surface area contributed by atoms with Crippen molar-refractivity contribution in [1.29, 1.82) is 0 Å². The van der Waals surface area contributed by atoms with Gasteiger partial charge in [-0.05, 0) is 25.7 Å². The molecule has 1 aliphatic rings. The van der Waals surface area contributed by atoms with E-state index in [-0.39, 0.29) is 17.7 Å². The highest BCUT2D eigenvalue weighted by atomic mass is 32.2. The van der Waals surface area contributed by atoms with Crippen LogP contribution in [-0.2, 0) is 21.2 Å². The van der Waals surface area contributed by atoms with Gasteiger partial charge in [-0.25, -0.2) is 8.42 Å². The summed E-state index contributed by atoms with van der Waals surface area (Å²) >= 11 is 0. The third-order valence-electron chi connectivity index (χ3n) is 4.27. The fraction of sp³-hybridized carbons (Fsp3) is 0.667. The van der Waals surface area contributed by atoms with Crippen molar-refractivity contribution in [2.24, 2.45) is 5.92 Å². The van der Waals surface area contributed by atoms with Crippen molar-refractivity contribution in [2.45, 2.75) is 57.3 Å². The molecule has 0 spiro atoms. The number of sulfone groups is 1. The van der Waals surface area contributed by atoms with Gasteiger partial charge in [-0.2, -0.15) is 0 Å². The highest BCUT2D eigenvalue weighted by Crippen LogP contribution is 2.23. The number of nitrogens with one attached hydrogen (secondary N) is 1. The van der Waals surface area contributed by atoms with Crippen molar-refractivity contribution >= 4 is 15.7 Å². The van der Waals surface area contributed by atoms with Crippen LogP contribution in [0.25, 0.3) is 0 Å². The fourth-order valence-corrected chi connectivity index (χ4v) is 4.21. The summed E-state index contributed by atoms with van der Waals surface area (Å²) in [6.45, 7) is 7.63. The van der Waals surface area contributed by atoms with Crippen molar-refractivity contribution in [1.82, 2.24) is 20.1 Å². The van der Waals surface area contributed by atoms with Gasteiger partial charge < -0.3 is 5.32 Å². The molecule has 0 saturated heterocycles. The Labute approximate surface area is 137 Å². The summed E-state index contributed by atoms with van der Waals surface area (Å²) in [5, 5.41) is 10.2. The van der Waals surface area contributed by atoms with Crippen molar-refractivity contribution < 1.29 is 13.2 Å². The maximum absolute atomic E-state index is 12.5. The lowest BCUT2D eigenvalue weighted by Gasteiger charge is -2.29. The number of hydrogen-bond donors (Lipinski definition) is 1. The number of rotatable bonds is 6. The average Bonchev–Trinajstić information content (AvgIpc) is 2.83. The minimum atomic E-state index is -3.83. The van der Waals surface area contributed by atoms with E-state index in [9.17, 15) is 13.2 Å². The molecule has 2 atom stereocenters. The molecule has 0 aromatic carbocycles. The first-order valence-electron chi connectivity index (χ1n) is 7.88. The Morgan fingerprint density at radius 1 is 1.39 bits per heavy atom. The number of hydrogen-bond acceptors (Lipinski definition) is 5. The maximum atomic E-state index is 12.5. The van der Waals surface area contributed by atoms with Gasteiger partial charge in [-0.15, -0.1) is 16.8 Å². The lowest BCUT2D eigenvalue weighted by molar-refractivity contribution is -0.119. The molecule has 1 aromatic rings. The molecule has 1 aromatic heterocycles. The highest BCUT2D eigenvalue weighted by Gasteiger charge is 2.29. The Hall–Kier alpha value is -1.70. The molecule has 1 saturated carbocycles. The molecule has 0 unspecified atom stereocenters. The van der Waals surface area contributed by atoms with Crippen molar-refractivity contribution in [3.63, 3.8) is 0 Å². The van der Waals surface area contributed by atoms with E-state index in [0.29, 0.717) is 11.7 Å². The predicted molar refractivity (Wildman–Crippen MR) is 86.6 cm³/mol. The van der Waals surface area contributed by atoms with Gasteiger partial charge in [-0.1, -0.05) is 25.8 Å². The van der Waals surface area contributed by atoms with Gasteiger partial charge in [-0.3, -0.25) is 9.36 Å². The van der Waals surface area contributed by atoms with Gasteiger partial charge in [0.2, 0.25) is 15.7 Å². The van der Waals surface area contributed by atoms with Crippen LogP contribution in [0.15, 0.2) is 17.8 Å². The first kappa shape index (κ1) is 17.7. The quantitative estimate of drug-likeness (QED) is 0.786. The number of aryl methyl sites for hydroxylation is 1. The molecule has 7 nitrogen and oxygen atoms in total. The zero-order valence-corrected chi connectivity index (χ0v) is 14.5. The number of aromatic nitrogens is 3. The highest BCUT2D eigenvalue weighted by molar-refractivity contribution is 7.91. The molecule has 2 rings (SSSR count). The maximum Gasteiger partial charge on any atom is 0.250 e. The summed E-state index contributed by atoms with van der Waals surface area (Å²) < 4.78 is 26.4. The summed E-state index contributed by atoms with van der Waals surface area (Å²) in [5.41, 5.74) is 0. The lowest BCUT2D eigenvalue weighted by Crippen LogP contribution is -2.43. The first-order valence-corrected chi connectivity index (χ1v) is 9.53. The summed E-state index contributed by atoms with van der Waals surface area (Å²) in [5.74, 6) is -0.229. The molecular weight excluding hydrogens is 316 g/mol. The topological polar surface area (TPSA) is 93.9 Å². The van der Waals surface area contributed by atoms with E-state index in [1.807, 2.05) is 0 Å². The van der Waals surface area contributed by atoms with Crippen LogP contribution in [-0.4, -0.2) is 40.9 Å². The second kappa shape index (κ2) is 7.25. The van der Waals surface area contributed by atoms with Gasteiger partial charge >= 0.3 is 0 Å². The van der Waals surface area contributed by atoms with E-state index >= 15 is 0 Å². The molecule has 0 bridgehead atoms. The normalized spacial score (nSPS) is 21.8. The summed E-state index contributed by atoms with van der Waals surface area (Å²) in [6.07, 6.45) is 5.76. The first-order chi connectivity index (χ1) is 10.8. The Morgan fingerprint density at radius 2 is 2.09 bits per heavy atom. The summed E-state index contributed by atoms with van der Waals surface area (Å²) in [4.78, 5) is 12.2. The van der Waals surface area contributed by atoms with Crippen LogP contribution in [0.3, 0.4) is 0 Å². The van der Waals surface area contributed by atoms with E-state index in [2.05, 4.69) is 29.0 Å². The predicted octanol–water partition coefficient (Wildman–Crippen LogP) is 1.24. The Bertz CT molecular complexity index is 681.